The summed E-state index contributed by atoms with van der Waals surface area (Å²) in [5.41, 5.74) is 1.16. The van der Waals surface area contributed by atoms with E-state index in [9.17, 15) is 14.4 Å². The van der Waals surface area contributed by atoms with Gasteiger partial charge in [-0.15, -0.1) is 12.4 Å². The minimum absolute atomic E-state index is 0. The summed E-state index contributed by atoms with van der Waals surface area (Å²) < 4.78 is 4.53. The van der Waals surface area contributed by atoms with Gasteiger partial charge < -0.3 is 20.7 Å². The number of amides is 2. The molecule has 2 heterocycles. The van der Waals surface area contributed by atoms with E-state index in [4.69, 9.17) is 0 Å². The van der Waals surface area contributed by atoms with Gasteiger partial charge in [0.15, 0.2) is 0 Å². The van der Waals surface area contributed by atoms with Crippen LogP contribution in [-0.2, 0) is 14.3 Å². The molecular formula is C20H28ClN3O4. The summed E-state index contributed by atoms with van der Waals surface area (Å²) in [4.78, 5) is 35.4. The molecule has 0 aromatic heterocycles. The van der Waals surface area contributed by atoms with E-state index in [1.807, 2.05) is 0 Å². The lowest BCUT2D eigenvalue weighted by Crippen LogP contribution is -2.39. The van der Waals surface area contributed by atoms with E-state index in [0.717, 1.165) is 12.8 Å². The molecule has 7 nitrogen and oxygen atoms in total. The van der Waals surface area contributed by atoms with Crippen LogP contribution in [0.5, 0.6) is 0 Å². The topological polar surface area (TPSA) is 96.5 Å². The van der Waals surface area contributed by atoms with Gasteiger partial charge in [0.25, 0.3) is 5.91 Å². The zero-order chi connectivity index (χ0) is 19.2. The predicted molar refractivity (Wildman–Crippen MR) is 109 cm³/mol. The summed E-state index contributed by atoms with van der Waals surface area (Å²) in [7, 11) is 1.31. The molecule has 1 aromatic carbocycles. The van der Waals surface area contributed by atoms with E-state index in [1.54, 1.807) is 24.3 Å². The van der Waals surface area contributed by atoms with Crippen LogP contribution in [0, 0.1) is 5.92 Å². The third-order valence-electron chi connectivity index (χ3n) is 5.32. The summed E-state index contributed by atoms with van der Waals surface area (Å²) in [6, 6.07) is 7.93. The Morgan fingerprint density at radius 1 is 1.11 bits per heavy atom. The van der Waals surface area contributed by atoms with Gasteiger partial charge in [-0.05, 0) is 55.9 Å². The van der Waals surface area contributed by atoms with Gasteiger partial charge >= 0.3 is 5.97 Å². The van der Waals surface area contributed by atoms with Crippen molar-refractivity contribution in [1.29, 1.82) is 0 Å². The minimum atomic E-state index is -0.366. The van der Waals surface area contributed by atoms with Crippen LogP contribution in [0.3, 0.4) is 0 Å². The largest absolute Gasteiger partial charge is 0.469 e. The molecule has 28 heavy (non-hydrogen) atoms. The van der Waals surface area contributed by atoms with E-state index in [0.29, 0.717) is 35.7 Å². The summed E-state index contributed by atoms with van der Waals surface area (Å²) in [6.07, 6.45) is 5.29. The van der Waals surface area contributed by atoms with Crippen molar-refractivity contribution in [3.63, 3.8) is 0 Å². The fraction of sp³-hybridized carbons (Fsp3) is 0.550. The number of fused-ring (bicyclic) bond motifs is 2. The Hall–Kier alpha value is -2.12. The lowest BCUT2D eigenvalue weighted by molar-refractivity contribution is -0.140. The van der Waals surface area contributed by atoms with Crippen LogP contribution in [0.1, 0.15) is 48.9 Å². The number of halogens is 1. The highest BCUT2D eigenvalue weighted by Crippen LogP contribution is 2.32. The number of nitrogens with one attached hydrogen (secondary N) is 3. The van der Waals surface area contributed by atoms with Crippen molar-refractivity contribution in [2.45, 2.75) is 50.6 Å². The number of benzene rings is 1. The molecule has 1 aromatic rings. The summed E-state index contributed by atoms with van der Waals surface area (Å²) in [5.74, 6) is -0.155. The van der Waals surface area contributed by atoms with Crippen LogP contribution in [0.4, 0.5) is 5.69 Å². The Morgan fingerprint density at radius 2 is 1.75 bits per heavy atom. The van der Waals surface area contributed by atoms with Crippen molar-refractivity contribution in [2.75, 3.05) is 19.0 Å². The van der Waals surface area contributed by atoms with Gasteiger partial charge in [-0.25, -0.2) is 0 Å². The molecule has 0 saturated carbocycles. The second-order valence-electron chi connectivity index (χ2n) is 7.39. The Morgan fingerprint density at radius 3 is 2.36 bits per heavy atom. The van der Waals surface area contributed by atoms with Gasteiger partial charge in [-0.1, -0.05) is 0 Å². The number of methoxy groups -OCH3 is 1. The molecule has 2 fully saturated rings. The van der Waals surface area contributed by atoms with Gasteiger partial charge in [0, 0.05) is 36.3 Å². The van der Waals surface area contributed by atoms with Crippen molar-refractivity contribution in [1.82, 2.24) is 10.6 Å². The first-order chi connectivity index (χ1) is 13.0. The highest BCUT2D eigenvalue weighted by molar-refractivity contribution is 5.96. The van der Waals surface area contributed by atoms with Crippen molar-refractivity contribution in [2.24, 2.45) is 5.92 Å². The predicted octanol–water partition coefficient (Wildman–Crippen LogP) is 2.26. The molecule has 2 aliphatic heterocycles. The molecule has 3 N–H and O–H groups in total. The number of carbonyl (C=O) groups is 3. The van der Waals surface area contributed by atoms with E-state index in [-0.39, 0.29) is 43.2 Å². The molecule has 8 heteroatoms. The smallest absolute Gasteiger partial charge is 0.307 e. The number of rotatable bonds is 7. The fourth-order valence-electron chi connectivity index (χ4n) is 4.00. The molecule has 0 spiro atoms. The molecule has 2 amide bonds. The van der Waals surface area contributed by atoms with Crippen LogP contribution in [0.25, 0.3) is 0 Å². The first kappa shape index (κ1) is 22.2. The van der Waals surface area contributed by atoms with Gasteiger partial charge in [0.2, 0.25) is 5.91 Å². The normalized spacial score (nSPS) is 22.7. The summed E-state index contributed by atoms with van der Waals surface area (Å²) in [6.45, 7) is 0.224. The molecule has 0 radical (unpaired) electrons. The summed E-state index contributed by atoms with van der Waals surface area (Å²) >= 11 is 0. The average molecular weight is 410 g/mol. The Bertz CT molecular complexity index is 683. The van der Waals surface area contributed by atoms with Crippen LogP contribution >= 0.6 is 12.4 Å². The first-order valence-electron chi connectivity index (χ1n) is 9.54. The standard InChI is InChI=1S/C20H27N3O4.ClH/c1-27-19(25)8-9-21-20(26)14-2-4-15(5-3-14)23-18(24)12-13-10-16-6-7-17(11-13)22-16;/h2-5,13,16-17,22H,6-12H2,1H3,(H,21,26)(H,23,24);1H. The Kier molecular flexibility index (Phi) is 8.26. The molecule has 2 atom stereocenters. The van der Waals surface area contributed by atoms with Crippen molar-refractivity contribution >= 4 is 35.9 Å². The lowest BCUT2D eigenvalue weighted by Gasteiger charge is -2.28. The SMILES string of the molecule is COC(=O)CCNC(=O)c1ccc(NC(=O)CC2CC3CCC(C2)N3)cc1.Cl. The van der Waals surface area contributed by atoms with Crippen molar-refractivity contribution in [3.05, 3.63) is 29.8 Å². The molecule has 2 unspecified atom stereocenters. The highest BCUT2D eigenvalue weighted by Gasteiger charge is 2.34. The molecule has 2 bridgehead atoms. The minimum Gasteiger partial charge on any atom is -0.469 e. The third-order valence-corrected chi connectivity index (χ3v) is 5.32. The molecule has 154 valence electrons. The Labute approximate surface area is 171 Å². The Balaban J connectivity index is 0.00000280. The fourth-order valence-corrected chi connectivity index (χ4v) is 4.00. The van der Waals surface area contributed by atoms with Crippen LogP contribution in [0.15, 0.2) is 24.3 Å². The zero-order valence-corrected chi connectivity index (χ0v) is 16.8. The van der Waals surface area contributed by atoms with Crippen LogP contribution in [-0.4, -0.2) is 43.5 Å². The van der Waals surface area contributed by atoms with Crippen molar-refractivity contribution in [3.8, 4) is 0 Å². The maximum absolute atomic E-state index is 12.3. The molecular weight excluding hydrogens is 382 g/mol. The number of ether oxygens (including phenoxy) is 1. The number of carbonyl (C=O) groups excluding carboxylic acids is 3. The second kappa shape index (κ2) is 10.4. The number of anilines is 1. The van der Waals surface area contributed by atoms with E-state index in [2.05, 4.69) is 20.7 Å². The van der Waals surface area contributed by atoms with E-state index in [1.165, 1.54) is 20.0 Å². The zero-order valence-electron chi connectivity index (χ0n) is 16.0. The second-order valence-corrected chi connectivity index (χ2v) is 7.39. The number of hydrogen-bond acceptors (Lipinski definition) is 5. The third kappa shape index (κ3) is 6.21. The average Bonchev–Trinajstić information content (AvgIpc) is 3.00. The monoisotopic (exact) mass is 409 g/mol. The van der Waals surface area contributed by atoms with E-state index < -0.39 is 0 Å². The van der Waals surface area contributed by atoms with Crippen molar-refractivity contribution < 1.29 is 19.1 Å². The van der Waals surface area contributed by atoms with Gasteiger partial charge in [0.1, 0.15) is 0 Å². The van der Waals surface area contributed by atoms with E-state index >= 15 is 0 Å². The summed E-state index contributed by atoms with van der Waals surface area (Å²) in [5, 5.41) is 9.17. The first-order valence-corrected chi connectivity index (χ1v) is 9.54. The maximum atomic E-state index is 12.3. The van der Waals surface area contributed by atoms with Gasteiger partial charge in [-0.3, -0.25) is 14.4 Å². The van der Waals surface area contributed by atoms with Crippen LogP contribution < -0.4 is 16.0 Å². The molecule has 3 rings (SSSR count). The quantitative estimate of drug-likeness (QED) is 0.600. The molecule has 0 aliphatic carbocycles. The number of hydrogen-bond donors (Lipinski definition) is 3. The molecule has 2 aliphatic rings. The highest BCUT2D eigenvalue weighted by atomic mass is 35.5. The van der Waals surface area contributed by atoms with Gasteiger partial charge in [0.05, 0.1) is 13.5 Å². The van der Waals surface area contributed by atoms with Gasteiger partial charge in [-0.2, -0.15) is 0 Å². The number of piperidine rings is 1. The van der Waals surface area contributed by atoms with Crippen LogP contribution in [0.2, 0.25) is 0 Å². The number of esters is 1. The lowest BCUT2D eigenvalue weighted by atomic mass is 9.89. The maximum Gasteiger partial charge on any atom is 0.307 e. The molecule has 2 saturated heterocycles.